The Labute approximate surface area is 234 Å². The number of carbonyl (C=O) groups excluding carboxylic acids is 2. The summed E-state index contributed by atoms with van der Waals surface area (Å²) in [5, 5.41) is 0. The van der Waals surface area contributed by atoms with E-state index in [1.54, 1.807) is 60.8 Å². The van der Waals surface area contributed by atoms with Crippen LogP contribution in [0.15, 0.2) is 73.2 Å². The van der Waals surface area contributed by atoms with E-state index >= 15 is 0 Å². The van der Waals surface area contributed by atoms with Crippen LogP contribution in [0.4, 0.5) is 4.79 Å². The minimum absolute atomic E-state index is 0. The molecule has 11 nitrogen and oxygen atoms in total. The second-order valence-corrected chi connectivity index (χ2v) is 6.47. The number of aromatic nitrogens is 3. The van der Waals surface area contributed by atoms with Gasteiger partial charge in [0, 0.05) is 63.3 Å². The van der Waals surface area contributed by atoms with Crippen molar-refractivity contribution in [3.63, 3.8) is 0 Å². The maximum Gasteiger partial charge on any atom is 1.00 e. The number of rotatable bonds is 9. The van der Waals surface area contributed by atoms with Crippen molar-refractivity contribution in [2.75, 3.05) is 19.8 Å². The summed E-state index contributed by atoms with van der Waals surface area (Å²) in [4.78, 5) is 33.0. The van der Waals surface area contributed by atoms with Crippen molar-refractivity contribution in [1.82, 2.24) is 15.0 Å². The van der Waals surface area contributed by atoms with Crippen LogP contribution in [0.2, 0.25) is 0 Å². The van der Waals surface area contributed by atoms with Crippen molar-refractivity contribution in [2.24, 2.45) is 5.73 Å². The van der Waals surface area contributed by atoms with E-state index in [1.807, 2.05) is 13.8 Å². The lowest BCUT2D eigenvalue weighted by Gasteiger charge is -2.15. The Balaban J connectivity index is -0.000000241. The summed E-state index contributed by atoms with van der Waals surface area (Å²) < 4.78 is 24.7. The van der Waals surface area contributed by atoms with Crippen LogP contribution in [0.1, 0.15) is 50.9 Å². The van der Waals surface area contributed by atoms with Crippen molar-refractivity contribution >= 4 is 12.1 Å². The zero-order valence-electron chi connectivity index (χ0n) is 21.6. The summed E-state index contributed by atoms with van der Waals surface area (Å²) >= 11 is 0. The molecule has 3 rings (SSSR count). The minimum atomic E-state index is -0.864. The fraction of sp³-hybridized carbons (Fsp3) is 0.393. The Hall–Kier alpha value is -3.93. The fourth-order valence-corrected chi connectivity index (χ4v) is 2.28. The van der Waals surface area contributed by atoms with Gasteiger partial charge < -0.3 is 29.4 Å². The van der Waals surface area contributed by atoms with Crippen LogP contribution in [-0.4, -0.2) is 53.1 Å². The molecule has 0 radical (unpaired) electrons. The van der Waals surface area contributed by atoms with Gasteiger partial charge in [-0.3, -0.25) is 4.79 Å². The van der Waals surface area contributed by atoms with Crippen LogP contribution in [0, 0.1) is 0 Å². The molecule has 2 N–H and O–H groups in total. The molecule has 218 valence electrons. The smallest absolute Gasteiger partial charge is 0.408 e. The maximum atomic E-state index is 11.3. The fourth-order valence-electron chi connectivity index (χ4n) is 2.28. The zero-order chi connectivity index (χ0) is 26.4. The van der Waals surface area contributed by atoms with Crippen LogP contribution in [0.3, 0.4) is 0 Å². The van der Waals surface area contributed by atoms with Gasteiger partial charge in [-0.2, -0.15) is 0 Å². The Morgan fingerprint density at radius 1 is 0.744 bits per heavy atom. The normalized spacial score (nSPS) is 8.95. The molecule has 0 aliphatic heterocycles. The van der Waals surface area contributed by atoms with Crippen LogP contribution < -0.4 is 19.9 Å². The second kappa shape index (κ2) is 25.7. The van der Waals surface area contributed by atoms with E-state index < -0.39 is 6.16 Å². The van der Waals surface area contributed by atoms with Crippen molar-refractivity contribution in [3.8, 4) is 17.6 Å². The van der Waals surface area contributed by atoms with Gasteiger partial charge in [0.15, 0.2) is 6.29 Å². The van der Waals surface area contributed by atoms with E-state index in [2.05, 4.69) is 19.7 Å². The molecule has 0 atom stereocenters. The van der Waals surface area contributed by atoms with Gasteiger partial charge in [0.2, 0.25) is 17.6 Å². The summed E-state index contributed by atoms with van der Waals surface area (Å²) in [7, 11) is 0. The molecule has 0 saturated heterocycles. The first kappa shape index (κ1) is 39.6. The molecular formula is C28H45N4O7+. The number of esters is 1. The highest BCUT2D eigenvalue weighted by molar-refractivity contribution is 5.68. The molecular weight excluding hydrogens is 504 g/mol. The van der Waals surface area contributed by atoms with Gasteiger partial charge in [-0.05, 0) is 38.6 Å². The Morgan fingerprint density at radius 3 is 1.41 bits per heavy atom. The van der Waals surface area contributed by atoms with E-state index in [0.717, 1.165) is 6.42 Å². The highest BCUT2D eigenvalue weighted by atomic mass is 16.7. The molecule has 0 aliphatic carbocycles. The standard InChI is InChI=1S/C11H8N2O3.C7H7NO2.C7H17NO2.3CH4/c14-11(15-9-5-1-3-7-12-9)16-10-6-2-4-8-13-10;1-6(9)10-7-4-2-3-5-8-7;1-3-9-7(5-6-8)10-4-2;;;/h1-8H;2-5H,1H3;7H,3-6,8H2,1-2H3;3*1H4/p+1. The van der Waals surface area contributed by atoms with E-state index in [1.165, 1.54) is 19.3 Å². The molecule has 3 aromatic heterocycles. The summed E-state index contributed by atoms with van der Waals surface area (Å²) in [5.41, 5.74) is 5.33. The number of carbonyl (C=O) groups is 2. The van der Waals surface area contributed by atoms with Crippen LogP contribution in [-0.2, 0) is 14.3 Å². The van der Waals surface area contributed by atoms with Gasteiger partial charge in [-0.15, -0.1) is 0 Å². The van der Waals surface area contributed by atoms with E-state index in [-0.39, 0.29) is 47.7 Å². The van der Waals surface area contributed by atoms with Crippen LogP contribution in [0.25, 0.3) is 0 Å². The van der Waals surface area contributed by atoms with Gasteiger partial charge in [-0.25, -0.2) is 19.7 Å². The largest absolute Gasteiger partial charge is 1.00 e. The minimum Gasteiger partial charge on any atom is -0.408 e. The van der Waals surface area contributed by atoms with Crippen LogP contribution in [0.5, 0.6) is 17.6 Å². The molecule has 39 heavy (non-hydrogen) atoms. The Kier molecular flexibility index (Phi) is 26.1. The van der Waals surface area contributed by atoms with Crippen LogP contribution >= 0.6 is 0 Å². The molecule has 0 aromatic carbocycles. The van der Waals surface area contributed by atoms with Gasteiger partial charge in [0.1, 0.15) is 0 Å². The Morgan fingerprint density at radius 2 is 1.13 bits per heavy atom. The molecule has 3 heterocycles. The summed E-state index contributed by atoms with van der Waals surface area (Å²) in [6.45, 7) is 7.22. The molecule has 0 saturated carbocycles. The third kappa shape index (κ3) is 20.8. The van der Waals surface area contributed by atoms with Crippen molar-refractivity contribution < 1.29 is 34.7 Å². The van der Waals surface area contributed by atoms with Gasteiger partial charge in [-0.1, -0.05) is 40.5 Å². The lowest BCUT2D eigenvalue weighted by atomic mass is 10.4. The van der Waals surface area contributed by atoms with Crippen molar-refractivity contribution in [2.45, 2.75) is 55.8 Å². The first-order valence-corrected chi connectivity index (χ1v) is 11.2. The number of ether oxygens (including phenoxy) is 5. The second-order valence-electron chi connectivity index (χ2n) is 6.47. The van der Waals surface area contributed by atoms with Gasteiger partial charge in [0.05, 0.1) is 0 Å². The lowest BCUT2D eigenvalue weighted by molar-refractivity contribution is -0.137. The molecule has 0 spiro atoms. The average molecular weight is 550 g/mol. The first-order valence-electron chi connectivity index (χ1n) is 11.2. The average Bonchev–Trinajstić information content (AvgIpc) is 2.87. The summed E-state index contributed by atoms with van der Waals surface area (Å²) in [5.74, 6) is 0.362. The maximum absolute atomic E-state index is 11.3. The van der Waals surface area contributed by atoms with E-state index in [4.69, 9.17) is 24.7 Å². The van der Waals surface area contributed by atoms with Crippen molar-refractivity contribution in [1.29, 1.82) is 0 Å². The molecule has 0 unspecified atom stereocenters. The SMILES string of the molecule is C.C.C.CC(=O)Oc1ccccn1.CCOC(CCN)OCC.O=C(Oc1ccccn1)Oc1ccccn1.[H+]. The lowest BCUT2D eigenvalue weighted by Crippen LogP contribution is -2.21. The molecule has 11 heteroatoms. The number of pyridine rings is 3. The first-order chi connectivity index (χ1) is 17.5. The number of hydrogen-bond donors (Lipinski definition) is 1. The zero-order valence-corrected chi connectivity index (χ0v) is 20.6. The van der Waals surface area contributed by atoms with E-state index in [9.17, 15) is 9.59 Å². The molecule has 0 aliphatic rings. The molecule has 0 amide bonds. The molecule has 0 fully saturated rings. The summed E-state index contributed by atoms with van der Waals surface area (Å²) in [6.07, 6.45) is 4.42. The van der Waals surface area contributed by atoms with Crippen molar-refractivity contribution in [3.05, 3.63) is 73.2 Å². The highest BCUT2D eigenvalue weighted by Crippen LogP contribution is 2.08. The topological polar surface area (TPSA) is 145 Å². The predicted molar refractivity (Wildman–Crippen MR) is 153 cm³/mol. The van der Waals surface area contributed by atoms with Gasteiger partial charge in [0.25, 0.3) is 0 Å². The summed E-state index contributed by atoms with van der Waals surface area (Å²) in [6, 6.07) is 15.1. The molecule has 3 aromatic rings. The number of hydrogen-bond acceptors (Lipinski definition) is 11. The number of nitrogens with two attached hydrogens (primary N) is 1. The Bertz CT molecular complexity index is 914. The highest BCUT2D eigenvalue weighted by Gasteiger charge is 2.08. The monoisotopic (exact) mass is 549 g/mol. The van der Waals surface area contributed by atoms with Gasteiger partial charge >= 0.3 is 13.6 Å². The van der Waals surface area contributed by atoms with E-state index in [0.29, 0.717) is 25.6 Å². The predicted octanol–water partition coefficient (Wildman–Crippen LogP) is 5.82. The number of nitrogens with zero attached hydrogens (tertiary/aromatic N) is 3. The molecule has 0 bridgehead atoms. The third-order valence-electron chi connectivity index (χ3n) is 3.64. The quantitative estimate of drug-likeness (QED) is 0.254. The third-order valence-corrected chi connectivity index (χ3v) is 3.64.